The molecule has 0 aliphatic rings. The van der Waals surface area contributed by atoms with Gasteiger partial charge in [-0.3, -0.25) is 0 Å². The number of hydrogen-bond acceptors (Lipinski definition) is 1. The first-order valence-electron chi connectivity index (χ1n) is 7.01. The second kappa shape index (κ2) is 12.1. The highest BCUT2D eigenvalue weighted by Gasteiger charge is 1.98. The molecule has 0 aliphatic heterocycles. The number of unbranched alkanes of at least 4 members (excludes halogenated alkanes) is 6. The first-order valence-corrected chi connectivity index (χ1v) is 7.01. The van der Waals surface area contributed by atoms with Crippen LogP contribution in [0.4, 0.5) is 0 Å². The molecule has 1 rings (SSSR count). The van der Waals surface area contributed by atoms with E-state index < -0.39 is 0 Å². The smallest absolute Gasteiger partial charge is 0.169 e. The fourth-order valence-electron chi connectivity index (χ4n) is 1.93. The average molecular weight is 246 g/mol. The molecule has 18 heavy (non-hydrogen) atoms. The van der Waals surface area contributed by atoms with E-state index in [4.69, 9.17) is 11.8 Å². The van der Waals surface area contributed by atoms with Crippen LogP contribution in [0.25, 0.3) is 0 Å². The molecule has 100 valence electrons. The van der Waals surface area contributed by atoms with E-state index in [9.17, 15) is 0 Å². The third-order valence-corrected chi connectivity index (χ3v) is 3.08. The van der Waals surface area contributed by atoms with Gasteiger partial charge in [-0.1, -0.05) is 39.0 Å². The molecule has 0 fully saturated rings. The molecule has 2 heteroatoms. The Morgan fingerprint density at radius 3 is 2.00 bits per heavy atom. The highest BCUT2D eigenvalue weighted by Crippen LogP contribution is 2.06. The summed E-state index contributed by atoms with van der Waals surface area (Å²) in [5.41, 5.74) is 1.34. The van der Waals surface area contributed by atoms with Crippen molar-refractivity contribution < 1.29 is 4.57 Å². The second-order valence-corrected chi connectivity index (χ2v) is 4.73. The maximum Gasteiger partial charge on any atom is 0.169 e. The Bertz CT molecular complexity index is 301. The third kappa shape index (κ3) is 8.75. The molecule has 0 N–H and O–H groups in total. The van der Waals surface area contributed by atoms with Crippen molar-refractivity contribution in [2.24, 2.45) is 0 Å². The third-order valence-electron chi connectivity index (χ3n) is 3.08. The number of pyridine rings is 1. The Labute approximate surface area is 112 Å². The lowest BCUT2D eigenvalue weighted by Crippen LogP contribution is -2.32. The van der Waals surface area contributed by atoms with Gasteiger partial charge in [0.1, 0.15) is 6.54 Å². The minimum Gasteiger partial charge on any atom is -0.512 e. The monoisotopic (exact) mass is 246 g/mol. The van der Waals surface area contributed by atoms with Gasteiger partial charge in [0, 0.05) is 18.6 Å². The average Bonchev–Trinajstić information content (AvgIpc) is 2.42. The van der Waals surface area contributed by atoms with Gasteiger partial charge < -0.3 is 11.8 Å². The van der Waals surface area contributed by atoms with Gasteiger partial charge in [0.25, 0.3) is 0 Å². The highest BCUT2D eigenvalue weighted by molar-refractivity contribution is 5.03. The summed E-state index contributed by atoms with van der Waals surface area (Å²) in [5.74, 6) is 0. The van der Waals surface area contributed by atoms with Crippen LogP contribution in [0, 0.1) is 18.8 Å². The van der Waals surface area contributed by atoms with Crippen molar-refractivity contribution in [3.8, 4) is 0 Å². The Kier molecular flexibility index (Phi) is 11.2. The van der Waals surface area contributed by atoms with Gasteiger partial charge in [-0.25, -0.2) is 4.57 Å². The summed E-state index contributed by atoms with van der Waals surface area (Å²) >= 11 is 0. The van der Waals surface area contributed by atoms with Gasteiger partial charge in [-0.05, 0) is 18.9 Å². The van der Waals surface area contributed by atoms with E-state index in [1.165, 1.54) is 57.1 Å². The zero-order chi connectivity index (χ0) is 13.6. The van der Waals surface area contributed by atoms with Crippen LogP contribution >= 0.6 is 0 Å². The predicted octanol–water partition coefficient (Wildman–Crippen LogP) is 4.13. The molecular weight excluding hydrogens is 220 g/mol. The van der Waals surface area contributed by atoms with E-state index in [0.717, 1.165) is 0 Å². The minimum atomic E-state index is 1.17. The van der Waals surface area contributed by atoms with Crippen LogP contribution < -0.4 is 4.57 Å². The molecule has 0 saturated heterocycles. The summed E-state index contributed by atoms with van der Waals surface area (Å²) in [6.45, 7) is 10.3. The summed E-state index contributed by atoms with van der Waals surface area (Å²) in [4.78, 5) is 0. The fraction of sp³-hybridized carbons (Fsp3) is 0.625. The lowest BCUT2D eigenvalue weighted by molar-refractivity contribution is -0.697. The molecule has 0 atom stereocenters. The zero-order valence-electron chi connectivity index (χ0n) is 11.9. The number of aryl methyl sites for hydroxylation is 2. The van der Waals surface area contributed by atoms with E-state index in [-0.39, 0.29) is 0 Å². The molecule has 1 aromatic rings. The van der Waals surface area contributed by atoms with Crippen LogP contribution in [0.5, 0.6) is 0 Å². The van der Waals surface area contributed by atoms with Crippen molar-refractivity contribution in [1.29, 1.82) is 5.26 Å². The summed E-state index contributed by atoms with van der Waals surface area (Å²) in [6.07, 6.45) is 14.1. The molecule has 0 radical (unpaired) electrons. The van der Waals surface area contributed by atoms with Crippen molar-refractivity contribution in [1.82, 2.24) is 0 Å². The number of rotatable bonds is 8. The van der Waals surface area contributed by atoms with Crippen molar-refractivity contribution in [2.45, 2.75) is 65.3 Å². The lowest BCUT2D eigenvalue weighted by atomic mass is 10.1. The normalized spacial score (nSPS) is 9.56. The van der Waals surface area contributed by atoms with Crippen LogP contribution in [-0.2, 0) is 6.54 Å². The largest absolute Gasteiger partial charge is 0.512 e. The fourth-order valence-corrected chi connectivity index (χ4v) is 1.93. The van der Waals surface area contributed by atoms with Crippen LogP contribution in [-0.4, -0.2) is 0 Å². The molecule has 0 saturated carbocycles. The number of aromatic nitrogens is 1. The van der Waals surface area contributed by atoms with E-state index in [2.05, 4.69) is 42.9 Å². The lowest BCUT2D eigenvalue weighted by Gasteiger charge is -1.99. The molecule has 2 nitrogen and oxygen atoms in total. The van der Waals surface area contributed by atoms with Crippen LogP contribution in [0.3, 0.4) is 0 Å². The van der Waals surface area contributed by atoms with Gasteiger partial charge in [0.2, 0.25) is 0 Å². The molecular formula is C16H26N2. The summed E-state index contributed by atoms with van der Waals surface area (Å²) in [6, 6.07) is 4.36. The summed E-state index contributed by atoms with van der Waals surface area (Å²) < 4.78 is 2.29. The van der Waals surface area contributed by atoms with Gasteiger partial charge in [-0.15, -0.1) is 0 Å². The van der Waals surface area contributed by atoms with Crippen LogP contribution in [0.2, 0.25) is 0 Å². The molecule has 0 unspecified atom stereocenters. The van der Waals surface area contributed by atoms with Crippen LogP contribution in [0.1, 0.15) is 57.4 Å². The van der Waals surface area contributed by atoms with Gasteiger partial charge in [0.05, 0.1) is 0 Å². The van der Waals surface area contributed by atoms with E-state index in [0.29, 0.717) is 0 Å². The molecule has 1 heterocycles. The molecule has 0 amide bonds. The van der Waals surface area contributed by atoms with Crippen molar-refractivity contribution in [2.75, 3.05) is 0 Å². The topological polar surface area (TPSA) is 27.7 Å². The van der Waals surface area contributed by atoms with Gasteiger partial charge >= 0.3 is 0 Å². The van der Waals surface area contributed by atoms with Crippen molar-refractivity contribution in [3.05, 3.63) is 36.7 Å². The van der Waals surface area contributed by atoms with Crippen LogP contribution in [0.15, 0.2) is 24.5 Å². The number of nitrogens with zero attached hydrogens (tertiary/aromatic N) is 2. The Hall–Kier alpha value is -1.36. The molecule has 0 aliphatic carbocycles. The maximum absolute atomic E-state index is 6.25. The Balaban J connectivity index is 0.00000137. The summed E-state index contributed by atoms with van der Waals surface area (Å²) in [5, 5.41) is 6.25. The van der Waals surface area contributed by atoms with Gasteiger partial charge in [-0.2, -0.15) is 0 Å². The SMILES string of the molecule is CCCCCCCCC[n+]1ccc(C)cc1.[C-]#N. The number of hydrogen-bond donors (Lipinski definition) is 0. The molecule has 0 spiro atoms. The molecule has 0 bridgehead atoms. The molecule has 1 aromatic heterocycles. The van der Waals surface area contributed by atoms with E-state index in [1.807, 2.05) is 0 Å². The second-order valence-electron chi connectivity index (χ2n) is 4.73. The summed E-state index contributed by atoms with van der Waals surface area (Å²) in [7, 11) is 0. The maximum atomic E-state index is 6.25. The highest BCUT2D eigenvalue weighted by atomic mass is 14.9. The van der Waals surface area contributed by atoms with Crippen molar-refractivity contribution >= 4 is 0 Å². The van der Waals surface area contributed by atoms with E-state index in [1.54, 1.807) is 0 Å². The first kappa shape index (κ1) is 16.6. The molecule has 0 aromatic carbocycles. The quantitative estimate of drug-likeness (QED) is 0.385. The zero-order valence-corrected chi connectivity index (χ0v) is 11.9. The Morgan fingerprint density at radius 1 is 0.944 bits per heavy atom. The standard InChI is InChI=1S/C15H26N.CN/c1-3-4-5-6-7-8-9-12-16-13-10-15(2)11-14-16;1-2/h10-11,13-14H,3-9,12H2,1-2H3;/q+1;-1. The van der Waals surface area contributed by atoms with E-state index >= 15 is 0 Å². The van der Waals surface area contributed by atoms with Gasteiger partial charge in [0.15, 0.2) is 12.4 Å². The predicted molar refractivity (Wildman–Crippen MR) is 74.3 cm³/mol. The minimum absolute atomic E-state index is 1.17. The first-order chi connectivity index (χ1) is 8.83. The van der Waals surface area contributed by atoms with Crippen molar-refractivity contribution in [3.63, 3.8) is 0 Å². The Morgan fingerprint density at radius 2 is 1.44 bits per heavy atom.